The minimum absolute atomic E-state index is 0.476. The van der Waals surface area contributed by atoms with Gasteiger partial charge in [-0.05, 0) is 63.9 Å². The second kappa shape index (κ2) is 5.60. The molecule has 2 rings (SSSR count). The van der Waals surface area contributed by atoms with E-state index in [1.807, 2.05) is 12.1 Å². The highest BCUT2D eigenvalue weighted by Crippen LogP contribution is 2.20. The van der Waals surface area contributed by atoms with Crippen LogP contribution in [0.1, 0.15) is 25.0 Å². The van der Waals surface area contributed by atoms with Crippen molar-refractivity contribution in [3.8, 4) is 0 Å². The molecule has 88 valence electrons. The number of likely N-dealkylation sites (tertiary alicyclic amines) is 1. The molecule has 3 nitrogen and oxygen atoms in total. The van der Waals surface area contributed by atoms with Crippen molar-refractivity contribution in [2.45, 2.75) is 25.7 Å². The summed E-state index contributed by atoms with van der Waals surface area (Å²) in [5.41, 5.74) is 1.07. The van der Waals surface area contributed by atoms with E-state index in [0.717, 1.165) is 18.0 Å². The molecule has 1 aromatic heterocycles. The van der Waals surface area contributed by atoms with Crippen LogP contribution >= 0.6 is 11.6 Å². The van der Waals surface area contributed by atoms with Gasteiger partial charge in [0.05, 0.1) is 5.69 Å². The minimum Gasteiger partial charge on any atom is -0.306 e. The number of rotatable bonds is 2. The Morgan fingerprint density at radius 3 is 2.94 bits per heavy atom. The molecule has 1 aliphatic heterocycles. The average molecular weight is 240 g/mol. The first-order valence-electron chi connectivity index (χ1n) is 5.90. The van der Waals surface area contributed by atoms with Crippen molar-refractivity contribution in [2.24, 2.45) is 5.92 Å². The molecule has 0 unspecified atom stereocenters. The molecule has 1 atom stereocenters. The van der Waals surface area contributed by atoms with E-state index in [9.17, 15) is 0 Å². The van der Waals surface area contributed by atoms with Gasteiger partial charge < -0.3 is 4.90 Å². The van der Waals surface area contributed by atoms with Gasteiger partial charge >= 0.3 is 0 Å². The van der Waals surface area contributed by atoms with Crippen LogP contribution in [0, 0.1) is 5.92 Å². The highest BCUT2D eigenvalue weighted by molar-refractivity contribution is 6.29. The van der Waals surface area contributed by atoms with Crippen LogP contribution in [0.5, 0.6) is 0 Å². The van der Waals surface area contributed by atoms with Gasteiger partial charge in [-0.3, -0.25) is 0 Å². The van der Waals surface area contributed by atoms with Gasteiger partial charge in [0.15, 0.2) is 5.15 Å². The van der Waals surface area contributed by atoms with Crippen molar-refractivity contribution in [1.82, 2.24) is 15.1 Å². The van der Waals surface area contributed by atoms with Crippen LogP contribution in [0.4, 0.5) is 0 Å². The molecular weight excluding hydrogens is 222 g/mol. The largest absolute Gasteiger partial charge is 0.306 e. The zero-order chi connectivity index (χ0) is 11.4. The Labute approximate surface area is 102 Å². The van der Waals surface area contributed by atoms with Crippen molar-refractivity contribution in [2.75, 3.05) is 20.1 Å². The first kappa shape index (κ1) is 11.8. The molecule has 1 fully saturated rings. The van der Waals surface area contributed by atoms with Gasteiger partial charge in [0.25, 0.3) is 0 Å². The molecular formula is C12H18ClN3. The zero-order valence-corrected chi connectivity index (χ0v) is 10.5. The predicted molar refractivity (Wildman–Crippen MR) is 65.6 cm³/mol. The first-order valence-corrected chi connectivity index (χ1v) is 6.28. The lowest BCUT2D eigenvalue weighted by Crippen LogP contribution is -2.19. The Hall–Kier alpha value is -0.670. The molecule has 16 heavy (non-hydrogen) atoms. The molecule has 0 aliphatic carbocycles. The fourth-order valence-electron chi connectivity index (χ4n) is 2.26. The van der Waals surface area contributed by atoms with Crippen LogP contribution < -0.4 is 0 Å². The predicted octanol–water partition coefficient (Wildman–Crippen LogP) is 2.40. The summed E-state index contributed by atoms with van der Waals surface area (Å²) in [6, 6.07) is 3.82. The third-order valence-corrected chi connectivity index (χ3v) is 3.46. The standard InChI is InChI=1S/C12H18ClN3/c1-16-7-2-3-10(6-8-16)9-11-4-5-12(13)15-14-11/h4-5,10H,2-3,6-9H2,1H3/t10-/m0/s1. The molecule has 1 saturated heterocycles. The van der Waals surface area contributed by atoms with Crippen molar-refractivity contribution in [3.63, 3.8) is 0 Å². The molecule has 0 N–H and O–H groups in total. The monoisotopic (exact) mass is 239 g/mol. The first-order chi connectivity index (χ1) is 7.74. The normalized spacial score (nSPS) is 23.0. The van der Waals surface area contributed by atoms with E-state index in [2.05, 4.69) is 22.1 Å². The van der Waals surface area contributed by atoms with E-state index < -0.39 is 0 Å². The van der Waals surface area contributed by atoms with E-state index in [1.165, 1.54) is 32.4 Å². The SMILES string of the molecule is CN1CCC[C@H](Cc2ccc(Cl)nn2)CC1. The summed E-state index contributed by atoms with van der Waals surface area (Å²) in [5.74, 6) is 0.750. The van der Waals surface area contributed by atoms with Crippen LogP contribution in [-0.2, 0) is 6.42 Å². The number of hydrogen-bond donors (Lipinski definition) is 0. The van der Waals surface area contributed by atoms with Crippen LogP contribution in [0.25, 0.3) is 0 Å². The van der Waals surface area contributed by atoms with E-state index in [-0.39, 0.29) is 0 Å². The van der Waals surface area contributed by atoms with Crippen molar-refractivity contribution in [1.29, 1.82) is 0 Å². The second-order valence-electron chi connectivity index (χ2n) is 4.65. The van der Waals surface area contributed by atoms with Crippen LogP contribution in [0.15, 0.2) is 12.1 Å². The molecule has 0 amide bonds. The van der Waals surface area contributed by atoms with Crippen LogP contribution in [0.2, 0.25) is 5.15 Å². The van der Waals surface area contributed by atoms with Crippen LogP contribution in [-0.4, -0.2) is 35.2 Å². The van der Waals surface area contributed by atoms with Gasteiger partial charge in [-0.25, -0.2) is 0 Å². The zero-order valence-electron chi connectivity index (χ0n) is 9.69. The molecule has 4 heteroatoms. The maximum atomic E-state index is 5.72. The summed E-state index contributed by atoms with van der Waals surface area (Å²) in [7, 11) is 2.20. The van der Waals surface area contributed by atoms with Crippen molar-refractivity contribution in [3.05, 3.63) is 23.0 Å². The van der Waals surface area contributed by atoms with E-state index in [4.69, 9.17) is 11.6 Å². The summed E-state index contributed by atoms with van der Waals surface area (Å²) >= 11 is 5.72. The topological polar surface area (TPSA) is 29.0 Å². The average Bonchev–Trinajstić information content (AvgIpc) is 2.47. The molecule has 0 bridgehead atoms. The summed E-state index contributed by atoms with van der Waals surface area (Å²) in [5, 5.41) is 8.49. The van der Waals surface area contributed by atoms with E-state index in [1.54, 1.807) is 0 Å². The summed E-state index contributed by atoms with van der Waals surface area (Å²) < 4.78 is 0. The third-order valence-electron chi connectivity index (χ3n) is 3.26. The highest BCUT2D eigenvalue weighted by Gasteiger charge is 2.15. The molecule has 2 heterocycles. The van der Waals surface area contributed by atoms with Gasteiger partial charge in [0.1, 0.15) is 0 Å². The summed E-state index contributed by atoms with van der Waals surface area (Å²) in [6.07, 6.45) is 4.90. The third kappa shape index (κ3) is 3.42. The quantitative estimate of drug-likeness (QED) is 0.794. The van der Waals surface area contributed by atoms with Gasteiger partial charge in [-0.15, -0.1) is 5.10 Å². The van der Waals surface area contributed by atoms with Gasteiger partial charge in [0.2, 0.25) is 0 Å². The Balaban J connectivity index is 1.91. The van der Waals surface area contributed by atoms with Gasteiger partial charge in [-0.1, -0.05) is 11.6 Å². The van der Waals surface area contributed by atoms with E-state index in [0.29, 0.717) is 5.15 Å². The lowest BCUT2D eigenvalue weighted by atomic mass is 9.95. The summed E-state index contributed by atoms with van der Waals surface area (Å²) in [4.78, 5) is 2.41. The Bertz CT molecular complexity index is 326. The fraction of sp³-hybridized carbons (Fsp3) is 0.667. The maximum Gasteiger partial charge on any atom is 0.151 e. The molecule has 0 aromatic carbocycles. The van der Waals surface area contributed by atoms with Gasteiger partial charge in [-0.2, -0.15) is 5.10 Å². The lowest BCUT2D eigenvalue weighted by Gasteiger charge is -2.14. The second-order valence-corrected chi connectivity index (χ2v) is 5.04. The smallest absolute Gasteiger partial charge is 0.151 e. The molecule has 0 spiro atoms. The summed E-state index contributed by atoms with van der Waals surface area (Å²) in [6.45, 7) is 2.43. The van der Waals surface area contributed by atoms with E-state index >= 15 is 0 Å². The van der Waals surface area contributed by atoms with Crippen molar-refractivity contribution < 1.29 is 0 Å². The Morgan fingerprint density at radius 1 is 1.31 bits per heavy atom. The Kier molecular flexibility index (Phi) is 4.13. The number of nitrogens with zero attached hydrogens (tertiary/aromatic N) is 3. The number of hydrogen-bond acceptors (Lipinski definition) is 3. The molecule has 1 aliphatic rings. The van der Waals surface area contributed by atoms with Crippen LogP contribution in [0.3, 0.4) is 0 Å². The molecule has 0 radical (unpaired) electrons. The highest BCUT2D eigenvalue weighted by atomic mass is 35.5. The Morgan fingerprint density at radius 2 is 2.19 bits per heavy atom. The molecule has 0 saturated carbocycles. The minimum atomic E-state index is 0.476. The number of aromatic nitrogens is 2. The lowest BCUT2D eigenvalue weighted by molar-refractivity contribution is 0.341. The molecule has 1 aromatic rings. The maximum absolute atomic E-state index is 5.72. The van der Waals surface area contributed by atoms with Crippen molar-refractivity contribution >= 4 is 11.6 Å². The van der Waals surface area contributed by atoms with Gasteiger partial charge in [0, 0.05) is 0 Å². The fourth-order valence-corrected chi connectivity index (χ4v) is 2.36. The number of halogens is 1.